The molecule has 0 amide bonds. The summed E-state index contributed by atoms with van der Waals surface area (Å²) >= 11 is 0.759. The predicted octanol–water partition coefficient (Wildman–Crippen LogP) is 2.39. The lowest BCUT2D eigenvalue weighted by atomic mass is 10.4. The van der Waals surface area contributed by atoms with Gasteiger partial charge in [0.25, 0.3) is 6.43 Å². The molecule has 1 heterocycles. The molecule has 0 saturated heterocycles. The van der Waals surface area contributed by atoms with Crippen molar-refractivity contribution in [3.8, 4) is 0 Å². The van der Waals surface area contributed by atoms with Crippen molar-refractivity contribution in [2.24, 2.45) is 0 Å². The highest BCUT2D eigenvalue weighted by Gasteiger charge is 2.43. The summed E-state index contributed by atoms with van der Waals surface area (Å²) in [6, 6.07) is 0. The first kappa shape index (κ1) is 9.70. The van der Waals surface area contributed by atoms with Gasteiger partial charge >= 0.3 is 0 Å². The van der Waals surface area contributed by atoms with Gasteiger partial charge in [-0.1, -0.05) is 11.3 Å². The van der Waals surface area contributed by atoms with E-state index in [0.29, 0.717) is 12.8 Å². The molecule has 1 saturated carbocycles. The summed E-state index contributed by atoms with van der Waals surface area (Å²) in [4.78, 5) is 0. The summed E-state index contributed by atoms with van der Waals surface area (Å²) < 4.78 is 37.2. The van der Waals surface area contributed by atoms with Crippen molar-refractivity contribution in [3.63, 3.8) is 0 Å². The number of hydrogen-bond acceptors (Lipinski definition) is 4. The van der Waals surface area contributed by atoms with Crippen molar-refractivity contribution in [3.05, 3.63) is 5.01 Å². The van der Waals surface area contributed by atoms with E-state index in [1.54, 1.807) is 0 Å². The number of nitrogens with zero attached hydrogens (tertiary/aromatic N) is 2. The minimum atomic E-state index is -2.61. The highest BCUT2D eigenvalue weighted by Crippen LogP contribution is 2.39. The van der Waals surface area contributed by atoms with E-state index in [1.807, 2.05) is 0 Å². The summed E-state index contributed by atoms with van der Waals surface area (Å²) in [7, 11) is 0. The van der Waals surface area contributed by atoms with E-state index >= 15 is 0 Å². The molecule has 0 spiro atoms. The minimum absolute atomic E-state index is 0.130. The maximum absolute atomic E-state index is 13.1. The number of alkyl halides is 3. The third-order valence-corrected chi connectivity index (χ3v) is 2.86. The molecule has 14 heavy (non-hydrogen) atoms. The van der Waals surface area contributed by atoms with E-state index in [2.05, 4.69) is 15.5 Å². The van der Waals surface area contributed by atoms with Gasteiger partial charge in [-0.05, 0) is 12.8 Å². The van der Waals surface area contributed by atoms with Gasteiger partial charge in [-0.15, -0.1) is 10.2 Å². The Hall–Kier alpha value is -0.850. The van der Waals surface area contributed by atoms with Crippen molar-refractivity contribution >= 4 is 16.5 Å². The fourth-order valence-electron chi connectivity index (χ4n) is 0.941. The SMILES string of the molecule is FC(F)c1nnc(NCC2(F)CC2)s1. The summed E-state index contributed by atoms with van der Waals surface area (Å²) in [5.41, 5.74) is -1.16. The average Bonchev–Trinajstić information content (AvgIpc) is 2.68. The predicted molar refractivity (Wildman–Crippen MR) is 46.4 cm³/mol. The van der Waals surface area contributed by atoms with E-state index in [0.717, 1.165) is 11.3 Å². The molecular weight excluding hydrogens is 215 g/mol. The first-order valence-electron chi connectivity index (χ1n) is 4.13. The Morgan fingerprint density at radius 3 is 2.64 bits per heavy atom. The molecule has 7 heteroatoms. The zero-order valence-corrected chi connectivity index (χ0v) is 7.95. The summed E-state index contributed by atoms with van der Waals surface area (Å²) in [6.45, 7) is 0.130. The third-order valence-electron chi connectivity index (χ3n) is 1.98. The Kier molecular flexibility index (Phi) is 2.34. The van der Waals surface area contributed by atoms with Crippen molar-refractivity contribution in [1.29, 1.82) is 0 Å². The smallest absolute Gasteiger partial charge is 0.291 e. The second-order valence-corrected chi connectivity index (χ2v) is 4.26. The minimum Gasteiger partial charge on any atom is -0.357 e. The van der Waals surface area contributed by atoms with Crippen LogP contribution in [0.25, 0.3) is 0 Å². The van der Waals surface area contributed by atoms with Gasteiger partial charge in [0, 0.05) is 0 Å². The third kappa shape index (κ3) is 2.14. The molecule has 2 rings (SSSR count). The van der Waals surface area contributed by atoms with Gasteiger partial charge in [-0.25, -0.2) is 13.2 Å². The molecule has 1 aliphatic carbocycles. The maximum atomic E-state index is 13.1. The molecule has 1 aliphatic rings. The van der Waals surface area contributed by atoms with E-state index in [4.69, 9.17) is 0 Å². The number of hydrogen-bond donors (Lipinski definition) is 1. The van der Waals surface area contributed by atoms with Gasteiger partial charge < -0.3 is 5.32 Å². The van der Waals surface area contributed by atoms with Crippen molar-refractivity contribution < 1.29 is 13.2 Å². The van der Waals surface area contributed by atoms with Gasteiger partial charge in [0.1, 0.15) is 5.67 Å². The second kappa shape index (κ2) is 3.38. The zero-order valence-electron chi connectivity index (χ0n) is 7.14. The van der Waals surface area contributed by atoms with Crippen LogP contribution in [-0.4, -0.2) is 22.4 Å². The monoisotopic (exact) mass is 223 g/mol. The lowest BCUT2D eigenvalue weighted by molar-refractivity contribution is 0.150. The Morgan fingerprint density at radius 1 is 1.43 bits per heavy atom. The largest absolute Gasteiger partial charge is 0.357 e. The lowest BCUT2D eigenvalue weighted by Gasteiger charge is -2.03. The van der Waals surface area contributed by atoms with E-state index in [9.17, 15) is 13.2 Å². The number of nitrogens with one attached hydrogen (secondary N) is 1. The summed E-state index contributed by atoms with van der Waals surface area (Å²) in [6.07, 6.45) is -1.55. The molecule has 0 atom stereocenters. The van der Waals surface area contributed by atoms with Crippen LogP contribution in [0.4, 0.5) is 18.3 Å². The Morgan fingerprint density at radius 2 is 2.14 bits per heavy atom. The molecule has 3 nitrogen and oxygen atoms in total. The Bertz CT molecular complexity index is 324. The van der Waals surface area contributed by atoms with Gasteiger partial charge in [-0.3, -0.25) is 0 Å². The van der Waals surface area contributed by atoms with Crippen molar-refractivity contribution in [2.75, 3.05) is 11.9 Å². The fraction of sp³-hybridized carbons (Fsp3) is 0.714. The zero-order chi connectivity index (χ0) is 10.2. The van der Waals surface area contributed by atoms with Gasteiger partial charge in [-0.2, -0.15) is 0 Å². The van der Waals surface area contributed by atoms with E-state index in [1.165, 1.54) is 0 Å². The van der Waals surface area contributed by atoms with E-state index in [-0.39, 0.29) is 16.7 Å². The topological polar surface area (TPSA) is 37.8 Å². The number of anilines is 1. The van der Waals surface area contributed by atoms with Crippen LogP contribution >= 0.6 is 11.3 Å². The first-order chi connectivity index (χ1) is 6.59. The molecule has 0 unspecified atom stereocenters. The van der Waals surface area contributed by atoms with Crippen molar-refractivity contribution in [1.82, 2.24) is 10.2 Å². The quantitative estimate of drug-likeness (QED) is 0.851. The van der Waals surface area contributed by atoms with Crippen LogP contribution in [0.5, 0.6) is 0 Å². The molecular formula is C7H8F3N3S. The molecule has 1 N–H and O–H groups in total. The molecule has 1 aromatic heterocycles. The first-order valence-corrected chi connectivity index (χ1v) is 4.95. The lowest BCUT2D eigenvalue weighted by Crippen LogP contribution is -2.15. The molecule has 0 bridgehead atoms. The van der Waals surface area contributed by atoms with Crippen LogP contribution < -0.4 is 5.32 Å². The second-order valence-electron chi connectivity index (χ2n) is 3.25. The van der Waals surface area contributed by atoms with E-state index < -0.39 is 12.1 Å². The van der Waals surface area contributed by atoms with Gasteiger partial charge in [0.05, 0.1) is 6.54 Å². The van der Waals surface area contributed by atoms with Crippen LogP contribution in [0.2, 0.25) is 0 Å². The van der Waals surface area contributed by atoms with Crippen LogP contribution in [0.1, 0.15) is 24.3 Å². The summed E-state index contributed by atoms with van der Waals surface area (Å²) in [5, 5.41) is 9.33. The Labute approximate surface area is 82.3 Å². The standard InChI is InChI=1S/C7H8F3N3S/c8-4(9)5-12-13-6(14-5)11-3-7(10)1-2-7/h4H,1-3H2,(H,11,13). The van der Waals surface area contributed by atoms with Crippen molar-refractivity contribution in [2.45, 2.75) is 24.9 Å². The highest BCUT2D eigenvalue weighted by atomic mass is 32.1. The molecule has 1 aromatic rings. The maximum Gasteiger partial charge on any atom is 0.291 e. The fourth-order valence-corrected chi connectivity index (χ4v) is 1.54. The van der Waals surface area contributed by atoms with Gasteiger partial charge in [0.2, 0.25) is 5.13 Å². The Balaban J connectivity index is 1.90. The van der Waals surface area contributed by atoms with Crippen LogP contribution in [0.3, 0.4) is 0 Å². The number of rotatable bonds is 4. The number of halogens is 3. The normalized spacial score (nSPS) is 18.6. The molecule has 1 fully saturated rings. The average molecular weight is 223 g/mol. The molecule has 0 aliphatic heterocycles. The van der Waals surface area contributed by atoms with Crippen LogP contribution in [-0.2, 0) is 0 Å². The number of aromatic nitrogens is 2. The van der Waals surface area contributed by atoms with Gasteiger partial charge in [0.15, 0.2) is 5.01 Å². The molecule has 0 aromatic carbocycles. The summed E-state index contributed by atoms with van der Waals surface area (Å²) in [5.74, 6) is 0. The highest BCUT2D eigenvalue weighted by molar-refractivity contribution is 7.15. The van der Waals surface area contributed by atoms with Crippen LogP contribution in [0.15, 0.2) is 0 Å². The molecule has 78 valence electrons. The molecule has 0 radical (unpaired) electrons. The van der Waals surface area contributed by atoms with Crippen LogP contribution in [0, 0.1) is 0 Å².